The third-order valence-corrected chi connectivity index (χ3v) is 3.30. The van der Waals surface area contributed by atoms with E-state index < -0.39 is 6.09 Å². The van der Waals surface area contributed by atoms with Crippen LogP contribution in [-0.2, 0) is 0 Å². The van der Waals surface area contributed by atoms with Gasteiger partial charge in [0, 0.05) is 10.7 Å². The molecule has 1 amide bonds. The van der Waals surface area contributed by atoms with E-state index in [9.17, 15) is 4.79 Å². The van der Waals surface area contributed by atoms with E-state index in [1.807, 2.05) is 25.1 Å². The Kier molecular flexibility index (Phi) is 4.86. The Morgan fingerprint density at radius 3 is 2.62 bits per heavy atom. The second-order valence-electron chi connectivity index (χ2n) is 5.22. The lowest BCUT2D eigenvalue weighted by Crippen LogP contribution is -2.17. The molecule has 1 N–H and O–H groups in total. The van der Waals surface area contributed by atoms with Crippen molar-refractivity contribution in [1.29, 1.82) is 0 Å². The maximum absolute atomic E-state index is 12.0. The van der Waals surface area contributed by atoms with Crippen LogP contribution in [0.4, 0.5) is 10.5 Å². The van der Waals surface area contributed by atoms with Gasteiger partial charge in [0.1, 0.15) is 5.75 Å². The minimum absolute atomic E-state index is 0.277. The van der Waals surface area contributed by atoms with Gasteiger partial charge < -0.3 is 4.74 Å². The first-order chi connectivity index (χ1) is 9.95. The molecule has 2 aromatic carbocycles. The van der Waals surface area contributed by atoms with Gasteiger partial charge in [-0.25, -0.2) is 4.79 Å². The van der Waals surface area contributed by atoms with Crippen molar-refractivity contribution in [2.75, 3.05) is 5.32 Å². The molecule has 0 spiro atoms. The molecular formula is C17H18ClNO2. The monoisotopic (exact) mass is 303 g/mol. The van der Waals surface area contributed by atoms with E-state index in [1.54, 1.807) is 24.3 Å². The number of amides is 1. The van der Waals surface area contributed by atoms with Gasteiger partial charge in [0.05, 0.1) is 0 Å². The zero-order chi connectivity index (χ0) is 15.4. The number of anilines is 1. The molecule has 110 valence electrons. The smallest absolute Gasteiger partial charge is 0.410 e. The lowest BCUT2D eigenvalue weighted by Gasteiger charge is -2.14. The summed E-state index contributed by atoms with van der Waals surface area (Å²) in [5.41, 5.74) is 2.65. The molecule has 0 unspecified atom stereocenters. The maximum Gasteiger partial charge on any atom is 0.417 e. The fourth-order valence-electron chi connectivity index (χ4n) is 2.02. The Morgan fingerprint density at radius 2 is 1.95 bits per heavy atom. The number of aryl methyl sites for hydroxylation is 1. The predicted octanol–water partition coefficient (Wildman–Crippen LogP) is 5.38. The number of halogens is 1. The zero-order valence-corrected chi connectivity index (χ0v) is 13.1. The molecule has 0 aliphatic carbocycles. The standard InChI is InChI=1S/C17H18ClNO2/c1-11(2)15-8-7-12(3)9-16(15)21-17(20)19-14-6-4-5-13(18)10-14/h4-11H,1-3H3,(H,19,20). The quantitative estimate of drug-likeness (QED) is 0.826. The fraction of sp³-hybridized carbons (Fsp3) is 0.235. The minimum atomic E-state index is -0.523. The summed E-state index contributed by atoms with van der Waals surface area (Å²) in [6.07, 6.45) is -0.523. The molecule has 0 bridgehead atoms. The molecule has 0 fully saturated rings. The van der Waals surface area contributed by atoms with Crippen molar-refractivity contribution >= 4 is 23.4 Å². The zero-order valence-electron chi connectivity index (χ0n) is 12.3. The van der Waals surface area contributed by atoms with E-state index in [-0.39, 0.29) is 5.92 Å². The van der Waals surface area contributed by atoms with Crippen molar-refractivity contribution in [2.45, 2.75) is 26.7 Å². The number of nitrogens with one attached hydrogen (secondary N) is 1. The van der Waals surface area contributed by atoms with Crippen molar-refractivity contribution in [1.82, 2.24) is 0 Å². The number of ether oxygens (including phenoxy) is 1. The molecule has 0 saturated heterocycles. The molecule has 3 nitrogen and oxygen atoms in total. The normalized spacial score (nSPS) is 10.5. The van der Waals surface area contributed by atoms with Gasteiger partial charge in [-0.05, 0) is 48.2 Å². The lowest BCUT2D eigenvalue weighted by atomic mass is 10.0. The number of carbonyl (C=O) groups excluding carboxylic acids is 1. The summed E-state index contributed by atoms with van der Waals surface area (Å²) in [4.78, 5) is 12.0. The summed E-state index contributed by atoms with van der Waals surface area (Å²) in [6, 6.07) is 12.8. The van der Waals surface area contributed by atoms with Crippen LogP contribution in [0.1, 0.15) is 30.9 Å². The first-order valence-corrected chi connectivity index (χ1v) is 7.18. The summed E-state index contributed by atoms with van der Waals surface area (Å²) in [5.74, 6) is 0.865. The number of hydrogen-bond acceptors (Lipinski definition) is 2. The summed E-state index contributed by atoms with van der Waals surface area (Å²) < 4.78 is 5.44. The van der Waals surface area contributed by atoms with E-state index in [1.165, 1.54) is 0 Å². The third-order valence-electron chi connectivity index (χ3n) is 3.06. The van der Waals surface area contributed by atoms with Crippen LogP contribution in [0.5, 0.6) is 5.75 Å². The SMILES string of the molecule is Cc1ccc(C(C)C)c(OC(=O)Nc2cccc(Cl)c2)c1. The molecule has 4 heteroatoms. The van der Waals surface area contributed by atoms with Gasteiger partial charge in [0.15, 0.2) is 0 Å². The van der Waals surface area contributed by atoms with Crippen LogP contribution < -0.4 is 10.1 Å². The van der Waals surface area contributed by atoms with Gasteiger partial charge in [-0.2, -0.15) is 0 Å². The van der Waals surface area contributed by atoms with Crippen LogP contribution >= 0.6 is 11.6 Å². The van der Waals surface area contributed by atoms with Gasteiger partial charge in [-0.15, -0.1) is 0 Å². The lowest BCUT2D eigenvalue weighted by molar-refractivity contribution is 0.214. The number of hydrogen-bond donors (Lipinski definition) is 1. The molecule has 0 aliphatic rings. The van der Waals surface area contributed by atoms with Crippen molar-refractivity contribution in [3.8, 4) is 5.75 Å². The maximum atomic E-state index is 12.0. The molecular weight excluding hydrogens is 286 g/mol. The molecule has 0 atom stereocenters. The van der Waals surface area contributed by atoms with Crippen LogP contribution in [0, 0.1) is 6.92 Å². The van der Waals surface area contributed by atoms with Crippen LogP contribution in [0.15, 0.2) is 42.5 Å². The molecule has 21 heavy (non-hydrogen) atoms. The summed E-state index contributed by atoms with van der Waals surface area (Å²) in [6.45, 7) is 6.09. The fourth-order valence-corrected chi connectivity index (χ4v) is 2.21. The van der Waals surface area contributed by atoms with Crippen molar-refractivity contribution in [2.24, 2.45) is 0 Å². The highest BCUT2D eigenvalue weighted by molar-refractivity contribution is 6.30. The molecule has 0 aliphatic heterocycles. The number of carbonyl (C=O) groups is 1. The second kappa shape index (κ2) is 6.64. The van der Waals surface area contributed by atoms with Crippen LogP contribution in [-0.4, -0.2) is 6.09 Å². The van der Waals surface area contributed by atoms with Crippen molar-refractivity contribution < 1.29 is 9.53 Å². The highest BCUT2D eigenvalue weighted by Gasteiger charge is 2.12. The Balaban J connectivity index is 2.14. The van der Waals surface area contributed by atoms with Gasteiger partial charge in [0.25, 0.3) is 0 Å². The molecule has 2 aromatic rings. The highest BCUT2D eigenvalue weighted by Crippen LogP contribution is 2.28. The summed E-state index contributed by atoms with van der Waals surface area (Å²) in [7, 11) is 0. The van der Waals surface area contributed by atoms with E-state index in [4.69, 9.17) is 16.3 Å². The van der Waals surface area contributed by atoms with Crippen LogP contribution in [0.25, 0.3) is 0 Å². The molecule has 0 heterocycles. The first-order valence-electron chi connectivity index (χ1n) is 6.80. The van der Waals surface area contributed by atoms with Crippen molar-refractivity contribution in [3.05, 3.63) is 58.6 Å². The average molecular weight is 304 g/mol. The van der Waals surface area contributed by atoms with Gasteiger partial charge in [-0.3, -0.25) is 5.32 Å². The number of rotatable bonds is 3. The molecule has 0 aromatic heterocycles. The molecule has 2 rings (SSSR count). The number of benzene rings is 2. The molecule has 0 saturated carbocycles. The van der Waals surface area contributed by atoms with Gasteiger partial charge in [0.2, 0.25) is 0 Å². The average Bonchev–Trinajstić information content (AvgIpc) is 2.38. The topological polar surface area (TPSA) is 38.3 Å². The highest BCUT2D eigenvalue weighted by atomic mass is 35.5. The van der Waals surface area contributed by atoms with E-state index in [0.717, 1.165) is 11.1 Å². The Hall–Kier alpha value is -2.00. The first kappa shape index (κ1) is 15.4. The second-order valence-corrected chi connectivity index (χ2v) is 5.66. The minimum Gasteiger partial charge on any atom is -0.410 e. The Bertz CT molecular complexity index is 653. The van der Waals surface area contributed by atoms with Crippen LogP contribution in [0.2, 0.25) is 5.02 Å². The summed E-state index contributed by atoms with van der Waals surface area (Å²) in [5, 5.41) is 3.23. The van der Waals surface area contributed by atoms with Gasteiger partial charge >= 0.3 is 6.09 Å². The molecule has 0 radical (unpaired) electrons. The predicted molar refractivity (Wildman–Crippen MR) is 86.4 cm³/mol. The van der Waals surface area contributed by atoms with Gasteiger partial charge in [-0.1, -0.05) is 43.6 Å². The van der Waals surface area contributed by atoms with E-state index in [0.29, 0.717) is 16.5 Å². The Morgan fingerprint density at radius 1 is 1.19 bits per heavy atom. The summed E-state index contributed by atoms with van der Waals surface area (Å²) >= 11 is 5.88. The third kappa shape index (κ3) is 4.23. The van der Waals surface area contributed by atoms with E-state index in [2.05, 4.69) is 19.2 Å². The van der Waals surface area contributed by atoms with Crippen LogP contribution in [0.3, 0.4) is 0 Å². The van der Waals surface area contributed by atoms with E-state index >= 15 is 0 Å². The Labute approximate surface area is 129 Å². The van der Waals surface area contributed by atoms with Crippen molar-refractivity contribution in [3.63, 3.8) is 0 Å². The largest absolute Gasteiger partial charge is 0.417 e.